The molecule has 1 aromatic heterocycles. The lowest BCUT2D eigenvalue weighted by Gasteiger charge is -2.26. The predicted octanol–water partition coefficient (Wildman–Crippen LogP) is 2.84. The summed E-state index contributed by atoms with van der Waals surface area (Å²) in [5.41, 5.74) is 6.84. The van der Waals surface area contributed by atoms with Crippen molar-refractivity contribution in [2.75, 3.05) is 24.2 Å². The van der Waals surface area contributed by atoms with Crippen molar-refractivity contribution in [2.45, 2.75) is 37.6 Å². The number of nitrogens with one attached hydrogen (secondary N) is 1. The number of rotatable bonds is 8. The summed E-state index contributed by atoms with van der Waals surface area (Å²) in [6.45, 7) is 4.67. The normalized spacial score (nSPS) is 13.9. The summed E-state index contributed by atoms with van der Waals surface area (Å²) in [4.78, 5) is 28.0. The number of thiophene rings is 1. The van der Waals surface area contributed by atoms with Gasteiger partial charge in [-0.3, -0.25) is 14.5 Å². The summed E-state index contributed by atoms with van der Waals surface area (Å²) in [7, 11) is -3.55. The summed E-state index contributed by atoms with van der Waals surface area (Å²) in [6.07, 6.45) is 1.56. The first-order valence-corrected chi connectivity index (χ1v) is 12.0. The third-order valence-corrected chi connectivity index (χ3v) is 7.74. The monoisotopic (exact) mass is 471 g/mol. The molecule has 7 nitrogen and oxygen atoms in total. The minimum Gasteiger partial charge on any atom is -0.365 e. The molecular formula is C20H26ClN3O4S2. The highest BCUT2D eigenvalue weighted by atomic mass is 35.5. The van der Waals surface area contributed by atoms with Crippen molar-refractivity contribution in [1.29, 1.82) is 0 Å². The maximum atomic E-state index is 12.4. The van der Waals surface area contributed by atoms with Crippen LogP contribution < -0.4 is 11.1 Å². The Labute approximate surface area is 187 Å². The van der Waals surface area contributed by atoms with Crippen LogP contribution in [-0.4, -0.2) is 44.0 Å². The number of halogens is 1. The summed E-state index contributed by atoms with van der Waals surface area (Å²) in [6, 6.07) is 8.03. The van der Waals surface area contributed by atoms with Gasteiger partial charge in [-0.25, -0.2) is 8.42 Å². The number of anilines is 1. The van der Waals surface area contributed by atoms with Crippen LogP contribution in [0.2, 0.25) is 0 Å². The van der Waals surface area contributed by atoms with Gasteiger partial charge in [0.2, 0.25) is 5.91 Å². The van der Waals surface area contributed by atoms with E-state index in [1.807, 2.05) is 0 Å². The molecule has 164 valence electrons. The zero-order valence-corrected chi connectivity index (χ0v) is 19.2. The van der Waals surface area contributed by atoms with Crippen LogP contribution in [0, 0.1) is 0 Å². The number of nitrogens with zero attached hydrogens (tertiary/aromatic N) is 1. The lowest BCUT2D eigenvalue weighted by Crippen LogP contribution is -2.31. The molecule has 2 heterocycles. The highest BCUT2D eigenvalue weighted by Crippen LogP contribution is 2.37. The molecule has 0 saturated carbocycles. The highest BCUT2D eigenvalue weighted by Gasteiger charge is 2.27. The lowest BCUT2D eigenvalue weighted by molar-refractivity contribution is -0.115. The van der Waals surface area contributed by atoms with Gasteiger partial charge in [0.1, 0.15) is 5.00 Å². The van der Waals surface area contributed by atoms with Crippen LogP contribution in [0.3, 0.4) is 0 Å². The molecule has 10 heteroatoms. The minimum atomic E-state index is -3.55. The quantitative estimate of drug-likeness (QED) is 0.615. The number of hydrogen-bond acceptors (Lipinski definition) is 6. The third-order valence-electron chi connectivity index (χ3n) is 4.88. The Morgan fingerprint density at radius 2 is 1.93 bits per heavy atom. The fraction of sp³-hybridized carbons (Fsp3) is 0.400. The first kappa shape index (κ1) is 24.3. The van der Waals surface area contributed by atoms with E-state index in [2.05, 4.69) is 17.1 Å². The maximum Gasteiger partial charge on any atom is 0.251 e. The average Bonchev–Trinajstić information content (AvgIpc) is 3.04. The number of primary amides is 1. The number of fused-ring (bicyclic) bond motifs is 1. The van der Waals surface area contributed by atoms with Crippen molar-refractivity contribution in [2.24, 2.45) is 5.73 Å². The van der Waals surface area contributed by atoms with Gasteiger partial charge in [-0.2, -0.15) is 0 Å². The fourth-order valence-corrected chi connectivity index (χ4v) is 6.05. The summed E-state index contributed by atoms with van der Waals surface area (Å²) >= 11 is 1.35. The Morgan fingerprint density at radius 3 is 2.57 bits per heavy atom. The van der Waals surface area contributed by atoms with E-state index in [-0.39, 0.29) is 29.5 Å². The first-order valence-electron chi connectivity index (χ1n) is 9.56. The van der Waals surface area contributed by atoms with Crippen LogP contribution >= 0.6 is 23.7 Å². The molecule has 0 aliphatic carbocycles. The summed E-state index contributed by atoms with van der Waals surface area (Å²) in [5, 5.41) is 3.14. The van der Waals surface area contributed by atoms with E-state index in [9.17, 15) is 18.0 Å². The topological polar surface area (TPSA) is 110 Å². The molecule has 0 bridgehead atoms. The van der Waals surface area contributed by atoms with E-state index < -0.39 is 21.7 Å². The molecule has 1 aliphatic rings. The molecule has 2 aromatic rings. The Kier molecular flexibility index (Phi) is 8.42. The number of sulfone groups is 1. The second-order valence-corrected chi connectivity index (χ2v) is 10.2. The number of benzene rings is 1. The molecule has 0 fully saturated rings. The molecule has 2 amide bonds. The molecule has 0 unspecified atom stereocenters. The Hall–Kier alpha value is -1.94. The van der Waals surface area contributed by atoms with Gasteiger partial charge in [0.05, 0.1) is 16.2 Å². The van der Waals surface area contributed by atoms with Crippen molar-refractivity contribution in [1.82, 2.24) is 4.90 Å². The van der Waals surface area contributed by atoms with Gasteiger partial charge in [0, 0.05) is 24.4 Å². The van der Waals surface area contributed by atoms with E-state index in [4.69, 9.17) is 5.73 Å². The summed E-state index contributed by atoms with van der Waals surface area (Å²) < 4.78 is 24.7. The lowest BCUT2D eigenvalue weighted by atomic mass is 10.0. The molecule has 3 rings (SSSR count). The predicted molar refractivity (Wildman–Crippen MR) is 121 cm³/mol. The van der Waals surface area contributed by atoms with Crippen LogP contribution in [0.5, 0.6) is 0 Å². The zero-order valence-electron chi connectivity index (χ0n) is 16.7. The van der Waals surface area contributed by atoms with Crippen LogP contribution in [-0.2, 0) is 27.6 Å². The number of carbonyl (C=O) groups excluding carboxylic acids is 2. The van der Waals surface area contributed by atoms with E-state index in [0.717, 1.165) is 36.5 Å². The van der Waals surface area contributed by atoms with Crippen molar-refractivity contribution in [3.05, 3.63) is 46.3 Å². The fourth-order valence-electron chi connectivity index (χ4n) is 3.47. The molecule has 0 radical (unpaired) electrons. The second-order valence-electron chi connectivity index (χ2n) is 7.03. The molecule has 3 N–H and O–H groups in total. The molecular weight excluding hydrogens is 446 g/mol. The van der Waals surface area contributed by atoms with Gasteiger partial charge < -0.3 is 11.1 Å². The standard InChI is InChI=1S/C20H25N3O4S2.ClH/c1-2-10-23-11-8-15-16(13-23)28-20(18(15)19(21)25)22-17(24)9-12-29(26,27)14-6-4-3-5-7-14;/h3-7H,2,8-13H2,1H3,(H2,21,25)(H,22,24);1H. The first-order chi connectivity index (χ1) is 13.8. The molecule has 0 spiro atoms. The third kappa shape index (κ3) is 5.60. The van der Waals surface area contributed by atoms with Gasteiger partial charge in [0.15, 0.2) is 9.84 Å². The van der Waals surface area contributed by atoms with Crippen molar-refractivity contribution >= 4 is 50.4 Å². The van der Waals surface area contributed by atoms with E-state index >= 15 is 0 Å². The Morgan fingerprint density at radius 1 is 1.23 bits per heavy atom. The van der Waals surface area contributed by atoms with Crippen molar-refractivity contribution in [3.63, 3.8) is 0 Å². The van der Waals surface area contributed by atoms with Crippen LogP contribution in [0.4, 0.5) is 5.00 Å². The highest BCUT2D eigenvalue weighted by molar-refractivity contribution is 7.91. The average molecular weight is 472 g/mol. The molecule has 0 atom stereocenters. The van der Waals surface area contributed by atoms with Crippen LogP contribution in [0.1, 0.15) is 40.6 Å². The molecule has 1 aliphatic heterocycles. The Bertz CT molecular complexity index is 1010. The van der Waals surface area contributed by atoms with Gasteiger partial charge in [0.25, 0.3) is 5.91 Å². The SMILES string of the molecule is CCCN1CCc2c(sc(NC(=O)CCS(=O)(=O)c3ccccc3)c2C(N)=O)C1.Cl. The van der Waals surface area contributed by atoms with Crippen LogP contribution in [0.15, 0.2) is 35.2 Å². The second kappa shape index (κ2) is 10.4. The number of carbonyl (C=O) groups is 2. The molecule has 1 aromatic carbocycles. The zero-order chi connectivity index (χ0) is 21.0. The maximum absolute atomic E-state index is 12.4. The van der Waals surface area contributed by atoms with Gasteiger partial charge in [-0.1, -0.05) is 25.1 Å². The largest absolute Gasteiger partial charge is 0.365 e. The van der Waals surface area contributed by atoms with E-state index in [1.165, 1.54) is 23.5 Å². The van der Waals surface area contributed by atoms with E-state index in [1.54, 1.807) is 18.2 Å². The van der Waals surface area contributed by atoms with Gasteiger partial charge in [-0.05, 0) is 37.1 Å². The van der Waals surface area contributed by atoms with E-state index in [0.29, 0.717) is 17.0 Å². The minimum absolute atomic E-state index is 0. The van der Waals surface area contributed by atoms with Gasteiger partial charge >= 0.3 is 0 Å². The van der Waals surface area contributed by atoms with Gasteiger partial charge in [-0.15, -0.1) is 23.7 Å². The summed E-state index contributed by atoms with van der Waals surface area (Å²) in [5.74, 6) is -1.32. The molecule has 0 saturated heterocycles. The smallest absolute Gasteiger partial charge is 0.251 e. The van der Waals surface area contributed by atoms with Crippen molar-refractivity contribution < 1.29 is 18.0 Å². The number of hydrogen-bond donors (Lipinski definition) is 2. The van der Waals surface area contributed by atoms with Crippen molar-refractivity contribution in [3.8, 4) is 0 Å². The Balaban J connectivity index is 0.00000320. The number of nitrogens with two attached hydrogens (primary N) is 1. The molecule has 30 heavy (non-hydrogen) atoms. The number of amides is 2. The van der Waals surface area contributed by atoms with Crippen LogP contribution in [0.25, 0.3) is 0 Å².